The van der Waals surface area contributed by atoms with Crippen molar-refractivity contribution in [3.63, 3.8) is 0 Å². The van der Waals surface area contributed by atoms with E-state index in [0.717, 1.165) is 0 Å². The number of nitrogen functional groups attached to an aromatic ring is 1. The first kappa shape index (κ1) is 15.3. The van der Waals surface area contributed by atoms with Crippen molar-refractivity contribution >= 4 is 15.7 Å². The summed E-state index contributed by atoms with van der Waals surface area (Å²) in [5.41, 5.74) is 6.66. The molecule has 7 heteroatoms. The molecule has 0 radical (unpaired) electrons. The highest BCUT2D eigenvalue weighted by molar-refractivity contribution is 7.89. The van der Waals surface area contributed by atoms with Crippen molar-refractivity contribution in [3.8, 4) is 5.75 Å². The molecule has 2 aromatic rings. The molecular formula is C14H15FN2O3S. The summed E-state index contributed by atoms with van der Waals surface area (Å²) in [6.07, 6.45) is 0. The molecule has 2 rings (SSSR count). The molecule has 0 saturated carbocycles. The number of ether oxygens (including phenoxy) is 1. The second-order valence-corrected chi connectivity index (χ2v) is 6.12. The molecule has 0 bridgehead atoms. The Bertz CT molecular complexity index is 730. The zero-order valence-corrected chi connectivity index (χ0v) is 12.2. The van der Waals surface area contributed by atoms with Gasteiger partial charge in [-0.05, 0) is 29.8 Å². The normalized spacial score (nSPS) is 11.3. The summed E-state index contributed by atoms with van der Waals surface area (Å²) < 4.78 is 44.6. The van der Waals surface area contributed by atoms with E-state index < -0.39 is 10.0 Å². The van der Waals surface area contributed by atoms with Crippen LogP contribution >= 0.6 is 0 Å². The number of hydrogen-bond donors (Lipinski definition) is 2. The van der Waals surface area contributed by atoms with Crippen molar-refractivity contribution in [2.45, 2.75) is 11.4 Å². The molecule has 112 valence electrons. The lowest BCUT2D eigenvalue weighted by Crippen LogP contribution is -2.23. The number of nitrogens with two attached hydrogens (primary N) is 1. The molecule has 0 saturated heterocycles. The van der Waals surface area contributed by atoms with Crippen LogP contribution in [0, 0.1) is 5.82 Å². The van der Waals surface area contributed by atoms with Gasteiger partial charge in [0.25, 0.3) is 0 Å². The second-order valence-electron chi connectivity index (χ2n) is 4.35. The minimum absolute atomic E-state index is 0.0515. The van der Waals surface area contributed by atoms with E-state index in [2.05, 4.69) is 4.72 Å². The average molecular weight is 310 g/mol. The number of hydrogen-bond acceptors (Lipinski definition) is 4. The average Bonchev–Trinajstić information content (AvgIpc) is 2.47. The molecule has 0 atom stereocenters. The quantitative estimate of drug-likeness (QED) is 0.826. The van der Waals surface area contributed by atoms with Crippen LogP contribution in [0.15, 0.2) is 47.4 Å². The van der Waals surface area contributed by atoms with E-state index in [1.807, 2.05) is 0 Å². The zero-order valence-electron chi connectivity index (χ0n) is 11.3. The summed E-state index contributed by atoms with van der Waals surface area (Å²) in [4.78, 5) is 0.0515. The summed E-state index contributed by atoms with van der Waals surface area (Å²) in [7, 11) is -2.29. The van der Waals surface area contributed by atoms with Crippen LogP contribution in [0.2, 0.25) is 0 Å². The number of halogens is 1. The van der Waals surface area contributed by atoms with Crippen LogP contribution in [-0.2, 0) is 16.6 Å². The van der Waals surface area contributed by atoms with E-state index in [-0.39, 0.29) is 17.3 Å². The van der Waals surface area contributed by atoms with Gasteiger partial charge in [0.05, 0.1) is 17.7 Å². The summed E-state index contributed by atoms with van der Waals surface area (Å²) >= 11 is 0. The van der Waals surface area contributed by atoms with Gasteiger partial charge in [0.1, 0.15) is 11.6 Å². The van der Waals surface area contributed by atoms with Gasteiger partial charge in [-0.3, -0.25) is 0 Å². The van der Waals surface area contributed by atoms with Crippen LogP contribution in [0.1, 0.15) is 5.56 Å². The number of anilines is 1. The molecule has 0 aliphatic rings. The SMILES string of the molecule is COc1cc(S(=O)(=O)NCc2ccc(F)cc2)ccc1N. The summed E-state index contributed by atoms with van der Waals surface area (Å²) in [6.45, 7) is 0.0648. The highest BCUT2D eigenvalue weighted by atomic mass is 32.2. The number of sulfonamides is 1. The number of nitrogens with one attached hydrogen (secondary N) is 1. The van der Waals surface area contributed by atoms with Gasteiger partial charge in [0, 0.05) is 12.6 Å². The van der Waals surface area contributed by atoms with Crippen molar-refractivity contribution < 1.29 is 17.5 Å². The van der Waals surface area contributed by atoms with E-state index in [0.29, 0.717) is 17.0 Å². The van der Waals surface area contributed by atoms with Gasteiger partial charge in [0.2, 0.25) is 10.0 Å². The standard InChI is InChI=1S/C14H15FN2O3S/c1-20-14-8-12(6-7-13(14)16)21(18,19)17-9-10-2-4-11(15)5-3-10/h2-8,17H,9,16H2,1H3. The number of methoxy groups -OCH3 is 1. The maximum Gasteiger partial charge on any atom is 0.241 e. The van der Waals surface area contributed by atoms with Crippen molar-refractivity contribution in [1.29, 1.82) is 0 Å². The van der Waals surface area contributed by atoms with Crippen LogP contribution in [0.25, 0.3) is 0 Å². The van der Waals surface area contributed by atoms with E-state index >= 15 is 0 Å². The topological polar surface area (TPSA) is 81.4 Å². The minimum Gasteiger partial charge on any atom is -0.495 e. The van der Waals surface area contributed by atoms with Crippen LogP contribution in [0.5, 0.6) is 5.75 Å². The molecule has 5 nitrogen and oxygen atoms in total. The lowest BCUT2D eigenvalue weighted by Gasteiger charge is -2.10. The third-order valence-electron chi connectivity index (χ3n) is 2.89. The summed E-state index contributed by atoms with van der Waals surface area (Å²) in [5.74, 6) is -0.0791. The third-order valence-corrected chi connectivity index (χ3v) is 4.29. The Morgan fingerprint density at radius 2 is 1.86 bits per heavy atom. The van der Waals surface area contributed by atoms with Gasteiger partial charge in [-0.2, -0.15) is 0 Å². The summed E-state index contributed by atoms with van der Waals surface area (Å²) in [6, 6.07) is 9.78. The molecule has 21 heavy (non-hydrogen) atoms. The van der Waals surface area contributed by atoms with Crippen molar-refractivity contribution in [2.24, 2.45) is 0 Å². The Morgan fingerprint density at radius 3 is 2.48 bits per heavy atom. The molecule has 0 aliphatic carbocycles. The molecule has 0 aliphatic heterocycles. The van der Waals surface area contributed by atoms with Crippen molar-refractivity contribution in [2.75, 3.05) is 12.8 Å². The smallest absolute Gasteiger partial charge is 0.241 e. The van der Waals surface area contributed by atoms with Gasteiger partial charge in [-0.1, -0.05) is 12.1 Å². The van der Waals surface area contributed by atoms with Gasteiger partial charge in [0.15, 0.2) is 0 Å². The zero-order chi connectivity index (χ0) is 15.5. The van der Waals surface area contributed by atoms with E-state index in [1.165, 1.54) is 49.6 Å². The van der Waals surface area contributed by atoms with Crippen LogP contribution in [-0.4, -0.2) is 15.5 Å². The van der Waals surface area contributed by atoms with Crippen molar-refractivity contribution in [3.05, 3.63) is 53.8 Å². The van der Waals surface area contributed by atoms with Crippen LogP contribution < -0.4 is 15.2 Å². The monoisotopic (exact) mass is 310 g/mol. The first-order valence-corrected chi connectivity index (χ1v) is 7.58. The first-order chi connectivity index (χ1) is 9.92. The Kier molecular flexibility index (Phi) is 4.44. The fourth-order valence-electron chi connectivity index (χ4n) is 1.72. The van der Waals surface area contributed by atoms with Crippen LogP contribution in [0.4, 0.5) is 10.1 Å². The molecular weight excluding hydrogens is 295 g/mol. The van der Waals surface area contributed by atoms with E-state index in [1.54, 1.807) is 0 Å². The van der Waals surface area contributed by atoms with Crippen molar-refractivity contribution in [1.82, 2.24) is 4.72 Å². The largest absolute Gasteiger partial charge is 0.495 e. The van der Waals surface area contributed by atoms with Gasteiger partial charge in [-0.25, -0.2) is 17.5 Å². The van der Waals surface area contributed by atoms with Gasteiger partial charge < -0.3 is 10.5 Å². The van der Waals surface area contributed by atoms with E-state index in [4.69, 9.17) is 10.5 Å². The molecule has 2 aromatic carbocycles. The summed E-state index contributed by atoms with van der Waals surface area (Å²) in [5, 5.41) is 0. The molecule has 3 N–H and O–H groups in total. The van der Waals surface area contributed by atoms with Gasteiger partial charge in [-0.15, -0.1) is 0 Å². The first-order valence-electron chi connectivity index (χ1n) is 6.10. The lowest BCUT2D eigenvalue weighted by molar-refractivity contribution is 0.415. The minimum atomic E-state index is -3.70. The Balaban J connectivity index is 2.16. The van der Waals surface area contributed by atoms with Crippen LogP contribution in [0.3, 0.4) is 0 Å². The molecule has 0 spiro atoms. The Labute approximate surface area is 122 Å². The molecule has 0 aromatic heterocycles. The predicted molar refractivity (Wildman–Crippen MR) is 77.8 cm³/mol. The molecule has 0 heterocycles. The molecule has 0 fully saturated rings. The molecule has 0 unspecified atom stereocenters. The fourth-order valence-corrected chi connectivity index (χ4v) is 2.76. The predicted octanol–water partition coefficient (Wildman–Crippen LogP) is 1.90. The number of rotatable bonds is 5. The maximum atomic E-state index is 12.8. The lowest BCUT2D eigenvalue weighted by atomic mass is 10.2. The highest BCUT2D eigenvalue weighted by Gasteiger charge is 2.15. The Morgan fingerprint density at radius 1 is 1.19 bits per heavy atom. The third kappa shape index (κ3) is 3.71. The molecule has 0 amide bonds. The van der Waals surface area contributed by atoms with E-state index in [9.17, 15) is 12.8 Å². The fraction of sp³-hybridized carbons (Fsp3) is 0.143. The van der Waals surface area contributed by atoms with Gasteiger partial charge >= 0.3 is 0 Å². The number of benzene rings is 2. The Hall–Kier alpha value is -2.12. The maximum absolute atomic E-state index is 12.8. The second kappa shape index (κ2) is 6.11. The highest BCUT2D eigenvalue weighted by Crippen LogP contribution is 2.24.